The summed E-state index contributed by atoms with van der Waals surface area (Å²) in [4.78, 5) is 25.1. The van der Waals surface area contributed by atoms with E-state index in [0.29, 0.717) is 0 Å². The molecular formula is C47H73NO17. The molecule has 3 aliphatic heterocycles. The molecule has 65 heavy (non-hydrogen) atoms. The number of carbonyl (C=O) groups excluding carboxylic acids is 1. The van der Waals surface area contributed by atoms with Gasteiger partial charge >= 0.3 is 11.9 Å². The summed E-state index contributed by atoms with van der Waals surface area (Å²) in [5.41, 5.74) is 6.02. The third kappa shape index (κ3) is 18.6. The van der Waals surface area contributed by atoms with Gasteiger partial charge in [0, 0.05) is 37.5 Å². The monoisotopic (exact) mass is 923 g/mol. The Hall–Kier alpha value is -3.44. The van der Waals surface area contributed by atoms with E-state index < -0.39 is 147 Å². The summed E-state index contributed by atoms with van der Waals surface area (Å²) in [5, 5.41) is 118. The van der Waals surface area contributed by atoms with E-state index in [4.69, 9.17) is 24.7 Å². The zero-order valence-corrected chi connectivity index (χ0v) is 37.6. The number of fused-ring (bicyclic) bond motifs is 2. The number of hydrogen-bond acceptors (Lipinski definition) is 17. The molecule has 0 amide bonds. The van der Waals surface area contributed by atoms with Crippen molar-refractivity contribution in [3.05, 3.63) is 85.1 Å². The predicted molar refractivity (Wildman–Crippen MR) is 237 cm³/mol. The molecule has 368 valence electrons. The Balaban J connectivity index is 1.86. The van der Waals surface area contributed by atoms with E-state index in [9.17, 15) is 65.8 Å². The Kier molecular flexibility index (Phi) is 23.6. The number of esters is 1. The third-order valence-corrected chi connectivity index (χ3v) is 12.0. The Morgan fingerprint density at radius 2 is 1.23 bits per heavy atom. The fourth-order valence-corrected chi connectivity index (χ4v) is 7.97. The molecule has 0 aromatic heterocycles. The number of nitrogens with two attached hydrogens (primary N) is 1. The van der Waals surface area contributed by atoms with Gasteiger partial charge in [-0.1, -0.05) is 98.9 Å². The van der Waals surface area contributed by atoms with E-state index in [2.05, 4.69) is 0 Å². The van der Waals surface area contributed by atoms with E-state index in [1.165, 1.54) is 13.0 Å². The molecule has 0 aliphatic carbocycles. The number of rotatable bonds is 3. The lowest BCUT2D eigenvalue weighted by Crippen LogP contribution is -2.61. The van der Waals surface area contributed by atoms with Crippen molar-refractivity contribution in [3.63, 3.8) is 0 Å². The minimum Gasteiger partial charge on any atom is -0.481 e. The zero-order valence-electron chi connectivity index (χ0n) is 37.6. The number of allylic oxidation sites excluding steroid dienone is 12. The normalized spacial score (nSPS) is 42.0. The van der Waals surface area contributed by atoms with Gasteiger partial charge in [0.1, 0.15) is 18.1 Å². The van der Waals surface area contributed by atoms with Gasteiger partial charge in [-0.3, -0.25) is 9.59 Å². The number of aliphatic hydroxyl groups excluding tert-OH is 9. The Morgan fingerprint density at radius 1 is 0.662 bits per heavy atom. The number of aliphatic hydroxyl groups is 10. The highest BCUT2D eigenvalue weighted by Gasteiger charge is 2.51. The number of ether oxygens (including phenoxy) is 4. The minimum atomic E-state index is -2.33. The number of carbonyl (C=O) groups is 2. The molecule has 0 radical (unpaired) electrons. The summed E-state index contributed by atoms with van der Waals surface area (Å²) in [6.07, 6.45) is 3.46. The largest absolute Gasteiger partial charge is 0.481 e. The van der Waals surface area contributed by atoms with Crippen LogP contribution in [0.25, 0.3) is 0 Å². The van der Waals surface area contributed by atoms with Crippen molar-refractivity contribution in [1.82, 2.24) is 0 Å². The first kappa shape index (κ1) is 55.9. The third-order valence-electron chi connectivity index (χ3n) is 12.0. The average Bonchev–Trinajstić information content (AvgIpc) is 3.21. The van der Waals surface area contributed by atoms with Crippen LogP contribution in [0.5, 0.6) is 0 Å². The van der Waals surface area contributed by atoms with Crippen molar-refractivity contribution in [1.29, 1.82) is 0 Å². The lowest BCUT2D eigenvalue weighted by molar-refractivity contribution is -0.308. The highest BCUT2D eigenvalue weighted by atomic mass is 16.7. The molecule has 13 N–H and O–H groups in total. The summed E-state index contributed by atoms with van der Waals surface area (Å²) in [6, 6.07) is -1.15. The van der Waals surface area contributed by atoms with Crippen LogP contribution >= 0.6 is 0 Å². The fourth-order valence-electron chi connectivity index (χ4n) is 7.97. The molecule has 3 aliphatic rings. The molecule has 3 heterocycles. The molecule has 0 spiro atoms. The van der Waals surface area contributed by atoms with Gasteiger partial charge in [0.05, 0.1) is 79.6 Å². The molecule has 0 unspecified atom stereocenters. The number of aliphatic carboxylic acids is 1. The van der Waals surface area contributed by atoms with Crippen LogP contribution in [0.1, 0.15) is 79.1 Å². The van der Waals surface area contributed by atoms with Crippen LogP contribution in [0.3, 0.4) is 0 Å². The van der Waals surface area contributed by atoms with Crippen LogP contribution in [0, 0.1) is 17.8 Å². The highest BCUT2D eigenvalue weighted by Crippen LogP contribution is 2.38. The lowest BCUT2D eigenvalue weighted by Gasteiger charge is -2.45. The van der Waals surface area contributed by atoms with E-state index >= 15 is 0 Å². The van der Waals surface area contributed by atoms with Gasteiger partial charge in [-0.2, -0.15) is 0 Å². The standard InChI is InChI=1S/C47H73NO17/c1-27-17-15-13-11-9-7-5-6-8-10-12-14-16-18-34(64-46-44(58)41(48)43(57)30(4)63-46)24-38-40(45(59)60)37(54)26-47(61,65-38)25-33(51)22-36(53)35(52)20-19-31(49)21-32(50)23-39(55)62-29(3)28(2)42(27)56/h5-18,27-38,40-44,46,49-54,56-58,61H,19-26,48H2,1-4H3,(H,59,60)/t27-,28+,29-,30-,31+,32+,33-,34-,35-,36+,37-,38-,40+,41+,42+,43-,44-,46+,47-/m0/s1. The summed E-state index contributed by atoms with van der Waals surface area (Å²) < 4.78 is 23.1. The maximum Gasteiger partial charge on any atom is 0.311 e. The van der Waals surface area contributed by atoms with E-state index in [1.807, 2.05) is 19.1 Å². The molecule has 18 heteroatoms. The predicted octanol–water partition coefficient (Wildman–Crippen LogP) is 0.712. The van der Waals surface area contributed by atoms with Crippen molar-refractivity contribution in [3.8, 4) is 0 Å². The average molecular weight is 924 g/mol. The van der Waals surface area contributed by atoms with Crippen molar-refractivity contribution in [2.45, 2.75) is 177 Å². The topological polar surface area (TPSA) is 320 Å². The Bertz CT molecular complexity index is 1670. The van der Waals surface area contributed by atoms with Crippen LogP contribution in [0.15, 0.2) is 85.1 Å². The molecule has 0 aromatic rings. The fraction of sp³-hybridized carbons (Fsp3) is 0.660. The smallest absolute Gasteiger partial charge is 0.311 e. The first-order valence-electron chi connectivity index (χ1n) is 22.3. The number of hydrogen-bond donors (Lipinski definition) is 12. The van der Waals surface area contributed by atoms with Gasteiger partial charge in [0.2, 0.25) is 0 Å². The number of cyclic esters (lactones) is 1. The second-order valence-electron chi connectivity index (χ2n) is 17.6. The van der Waals surface area contributed by atoms with Gasteiger partial charge < -0.3 is 80.9 Å². The van der Waals surface area contributed by atoms with Gasteiger partial charge in [0.25, 0.3) is 0 Å². The maximum atomic E-state index is 12.6. The van der Waals surface area contributed by atoms with E-state index in [1.54, 1.807) is 80.7 Å². The number of carboxylic acid groups (broad SMARTS) is 1. The summed E-state index contributed by atoms with van der Waals surface area (Å²) in [7, 11) is 0. The molecule has 0 saturated carbocycles. The molecule has 2 saturated heterocycles. The second-order valence-corrected chi connectivity index (χ2v) is 17.6. The summed E-state index contributed by atoms with van der Waals surface area (Å²) in [6.45, 7) is 6.74. The minimum absolute atomic E-state index is 0.107. The first-order chi connectivity index (χ1) is 30.6. The van der Waals surface area contributed by atoms with Crippen LogP contribution in [0.2, 0.25) is 0 Å². The van der Waals surface area contributed by atoms with Crippen molar-refractivity contribution in [2.24, 2.45) is 23.5 Å². The van der Waals surface area contributed by atoms with Gasteiger partial charge in [-0.05, 0) is 33.1 Å². The summed E-state index contributed by atoms with van der Waals surface area (Å²) >= 11 is 0. The Labute approximate surface area is 381 Å². The molecule has 2 fully saturated rings. The number of carboxylic acids is 1. The van der Waals surface area contributed by atoms with Crippen molar-refractivity contribution in [2.75, 3.05) is 0 Å². The molecule has 18 nitrogen and oxygen atoms in total. The lowest BCUT2D eigenvalue weighted by atomic mass is 9.82. The van der Waals surface area contributed by atoms with Crippen LogP contribution in [0.4, 0.5) is 0 Å². The first-order valence-corrected chi connectivity index (χ1v) is 22.3. The highest BCUT2D eigenvalue weighted by molar-refractivity contribution is 5.71. The molecule has 2 bridgehead atoms. The van der Waals surface area contributed by atoms with E-state index in [-0.39, 0.29) is 31.6 Å². The van der Waals surface area contributed by atoms with Gasteiger partial charge in [0.15, 0.2) is 12.1 Å². The molecule has 0 aromatic carbocycles. The quantitative estimate of drug-likeness (QED) is 0.174. The molecule has 19 atom stereocenters. The van der Waals surface area contributed by atoms with Gasteiger partial charge in [-0.25, -0.2) is 0 Å². The van der Waals surface area contributed by atoms with Crippen LogP contribution in [-0.4, -0.2) is 166 Å². The Morgan fingerprint density at radius 3 is 1.82 bits per heavy atom. The maximum absolute atomic E-state index is 12.6. The van der Waals surface area contributed by atoms with E-state index in [0.717, 1.165) is 0 Å². The zero-order chi connectivity index (χ0) is 48.4. The summed E-state index contributed by atoms with van der Waals surface area (Å²) in [5.74, 6) is -6.83. The van der Waals surface area contributed by atoms with Crippen molar-refractivity contribution >= 4 is 11.9 Å². The van der Waals surface area contributed by atoms with Gasteiger partial charge in [-0.15, -0.1) is 0 Å². The van der Waals surface area contributed by atoms with Crippen LogP contribution in [-0.2, 0) is 28.5 Å². The SMILES string of the molecule is C[C@H]1[C@H](O)[C@@H](C)C=CC=CC=CC=CC=CC=CC=C[C@H](O[C@H]2O[C@@H](C)[C@H](O)[C@@H](N)[C@@H]2O)C[C@@H]2O[C@@](O)(C[C@@H](O)C[C@@H](O)[C@@H](O)CC[C@@H](O)C[C@@H](O)CC(=O)O[C@H]1C)C[C@H](O)[C@H]2C(=O)O. The van der Waals surface area contributed by atoms with Crippen molar-refractivity contribution < 1.29 is 84.7 Å². The molecule has 3 rings (SSSR count). The van der Waals surface area contributed by atoms with Crippen LogP contribution < -0.4 is 5.73 Å². The molecular weight excluding hydrogens is 851 g/mol. The second kappa shape index (κ2) is 27.4.